The lowest BCUT2D eigenvalue weighted by Gasteiger charge is -2.14. The summed E-state index contributed by atoms with van der Waals surface area (Å²) in [5.74, 6) is -0.296. The number of aliphatic hydroxyl groups is 1. The van der Waals surface area contributed by atoms with Crippen molar-refractivity contribution >= 4 is 13.4 Å². The number of nitrogens with zero attached hydrogens (tertiary/aromatic N) is 3. The third-order valence-corrected chi connectivity index (χ3v) is 4.50. The average molecular weight is 265 g/mol. The Morgan fingerprint density at radius 3 is 2.33 bits per heavy atom. The number of hydrogen-bond acceptors (Lipinski definition) is 3. The maximum atomic E-state index is 12.9. The molecule has 1 heterocycles. The molecule has 0 saturated heterocycles. The highest BCUT2D eigenvalue weighted by Crippen LogP contribution is 2.12. The van der Waals surface area contributed by atoms with Crippen LogP contribution in [0.5, 0.6) is 0 Å². The Bertz CT molecular complexity index is 545. The van der Waals surface area contributed by atoms with Crippen molar-refractivity contribution in [3.8, 4) is 5.69 Å². The Morgan fingerprint density at radius 2 is 1.83 bits per heavy atom. The van der Waals surface area contributed by atoms with Gasteiger partial charge in [0.25, 0.3) is 0 Å². The zero-order valence-electron chi connectivity index (χ0n) is 10.7. The van der Waals surface area contributed by atoms with Gasteiger partial charge in [0.1, 0.15) is 13.9 Å². The van der Waals surface area contributed by atoms with E-state index in [1.165, 1.54) is 12.1 Å². The van der Waals surface area contributed by atoms with Crippen LogP contribution in [0.1, 0.15) is 5.69 Å². The first-order valence-electron chi connectivity index (χ1n) is 5.75. The summed E-state index contributed by atoms with van der Waals surface area (Å²) in [6.07, 6.45) is 0. The molecule has 0 aliphatic carbocycles. The van der Waals surface area contributed by atoms with Crippen molar-refractivity contribution in [1.82, 2.24) is 15.0 Å². The van der Waals surface area contributed by atoms with Gasteiger partial charge in [0.15, 0.2) is 0 Å². The second-order valence-electron chi connectivity index (χ2n) is 5.18. The normalized spacial score (nSPS) is 11.8. The van der Waals surface area contributed by atoms with Crippen LogP contribution in [-0.4, -0.2) is 28.2 Å². The summed E-state index contributed by atoms with van der Waals surface area (Å²) in [5.41, 5.74) is 1.40. The molecule has 4 nitrogen and oxygen atoms in total. The van der Waals surface area contributed by atoms with E-state index in [1.54, 1.807) is 16.8 Å². The van der Waals surface area contributed by atoms with Gasteiger partial charge >= 0.3 is 0 Å². The Labute approximate surface area is 106 Å². The molecule has 0 aliphatic rings. The van der Waals surface area contributed by atoms with Crippen LogP contribution < -0.4 is 5.32 Å². The minimum Gasteiger partial charge on any atom is -0.390 e. The van der Waals surface area contributed by atoms with E-state index in [0.29, 0.717) is 11.4 Å². The van der Waals surface area contributed by atoms with Gasteiger partial charge < -0.3 is 5.11 Å². The summed E-state index contributed by atoms with van der Waals surface area (Å²) in [6.45, 7) is 6.31. The maximum absolute atomic E-state index is 12.9. The molecule has 1 aromatic heterocycles. The third kappa shape index (κ3) is 2.34. The summed E-state index contributed by atoms with van der Waals surface area (Å²) in [4.78, 5) is 0. The van der Waals surface area contributed by atoms with Crippen molar-refractivity contribution in [2.24, 2.45) is 0 Å². The first kappa shape index (κ1) is 12.9. The molecule has 0 amide bonds. The van der Waals surface area contributed by atoms with Crippen molar-refractivity contribution < 1.29 is 9.50 Å². The third-order valence-electron chi connectivity index (χ3n) is 2.69. The van der Waals surface area contributed by atoms with Gasteiger partial charge in [-0.3, -0.25) is 0 Å². The van der Waals surface area contributed by atoms with E-state index in [2.05, 4.69) is 30.0 Å². The Hall–Kier alpha value is -1.53. The van der Waals surface area contributed by atoms with E-state index in [-0.39, 0.29) is 12.4 Å². The van der Waals surface area contributed by atoms with E-state index in [9.17, 15) is 9.50 Å². The van der Waals surface area contributed by atoms with Crippen LogP contribution in [-0.2, 0) is 6.61 Å². The number of aromatic nitrogens is 3. The van der Waals surface area contributed by atoms with E-state index >= 15 is 0 Å². The molecule has 0 aliphatic heterocycles. The van der Waals surface area contributed by atoms with Gasteiger partial charge in [-0.05, 0) is 24.3 Å². The lowest BCUT2D eigenvalue weighted by Crippen LogP contribution is -2.41. The summed E-state index contributed by atoms with van der Waals surface area (Å²) < 4.78 is 14.5. The second kappa shape index (κ2) is 4.62. The van der Waals surface area contributed by atoms with Gasteiger partial charge in [0.2, 0.25) is 0 Å². The standard InChI is InChI=1S/C12H16FN3OSi/c1-18(2,3)12-11(8-17)16(15-14-12)10-6-4-9(13)5-7-10/h4-7,17H,8H2,1-3H3. The topological polar surface area (TPSA) is 50.9 Å². The molecule has 96 valence electrons. The van der Waals surface area contributed by atoms with Crippen molar-refractivity contribution in [3.05, 3.63) is 35.8 Å². The highest BCUT2D eigenvalue weighted by molar-refractivity contribution is 6.88. The molecular weight excluding hydrogens is 249 g/mol. The van der Waals surface area contributed by atoms with Gasteiger partial charge in [0, 0.05) is 0 Å². The average Bonchev–Trinajstić information content (AvgIpc) is 2.73. The first-order valence-corrected chi connectivity index (χ1v) is 9.25. The fourth-order valence-electron chi connectivity index (χ4n) is 1.82. The molecule has 0 saturated carbocycles. The summed E-state index contributed by atoms with van der Waals surface area (Å²) >= 11 is 0. The smallest absolute Gasteiger partial charge is 0.123 e. The lowest BCUT2D eigenvalue weighted by atomic mass is 10.3. The predicted octanol–water partition coefficient (Wildman–Crippen LogP) is 1.44. The number of hydrogen-bond donors (Lipinski definition) is 1. The molecule has 18 heavy (non-hydrogen) atoms. The largest absolute Gasteiger partial charge is 0.390 e. The number of aliphatic hydroxyl groups excluding tert-OH is 1. The maximum Gasteiger partial charge on any atom is 0.123 e. The van der Waals surface area contributed by atoms with Gasteiger partial charge in [-0.25, -0.2) is 9.07 Å². The van der Waals surface area contributed by atoms with E-state index < -0.39 is 8.07 Å². The molecule has 0 unspecified atom stereocenters. The Kier molecular flexibility index (Phi) is 3.31. The summed E-state index contributed by atoms with van der Waals surface area (Å²) in [7, 11) is -1.65. The zero-order chi connectivity index (χ0) is 13.3. The van der Waals surface area contributed by atoms with E-state index in [0.717, 1.165) is 5.32 Å². The van der Waals surface area contributed by atoms with Crippen molar-refractivity contribution in [2.45, 2.75) is 26.2 Å². The highest BCUT2D eigenvalue weighted by atomic mass is 28.3. The molecule has 0 fully saturated rings. The van der Waals surface area contributed by atoms with Crippen LogP contribution in [0.15, 0.2) is 24.3 Å². The predicted molar refractivity (Wildman–Crippen MR) is 70.2 cm³/mol. The van der Waals surface area contributed by atoms with Gasteiger partial charge in [0.05, 0.1) is 23.3 Å². The second-order valence-corrected chi connectivity index (χ2v) is 10.2. The minimum absolute atomic E-state index is 0.121. The van der Waals surface area contributed by atoms with Crippen LogP contribution >= 0.6 is 0 Å². The van der Waals surface area contributed by atoms with Gasteiger partial charge in [-0.15, -0.1) is 5.10 Å². The number of rotatable bonds is 3. The Morgan fingerprint density at radius 1 is 1.22 bits per heavy atom. The molecule has 6 heteroatoms. The fourth-order valence-corrected chi connectivity index (χ4v) is 3.21. The van der Waals surface area contributed by atoms with Crippen LogP contribution in [0.4, 0.5) is 4.39 Å². The van der Waals surface area contributed by atoms with E-state index in [4.69, 9.17) is 0 Å². The van der Waals surface area contributed by atoms with E-state index in [1.807, 2.05) is 0 Å². The quantitative estimate of drug-likeness (QED) is 0.854. The van der Waals surface area contributed by atoms with Crippen LogP contribution in [0.3, 0.4) is 0 Å². The number of halogens is 1. The minimum atomic E-state index is -1.65. The van der Waals surface area contributed by atoms with Gasteiger partial charge in [-0.1, -0.05) is 24.9 Å². The van der Waals surface area contributed by atoms with Crippen LogP contribution in [0, 0.1) is 5.82 Å². The zero-order valence-corrected chi connectivity index (χ0v) is 11.7. The number of benzene rings is 1. The van der Waals surface area contributed by atoms with Crippen molar-refractivity contribution in [2.75, 3.05) is 0 Å². The summed E-state index contributed by atoms with van der Waals surface area (Å²) in [5, 5.41) is 18.6. The molecule has 0 bridgehead atoms. The SMILES string of the molecule is C[Si](C)(C)c1nnn(-c2ccc(F)cc2)c1CO. The lowest BCUT2D eigenvalue weighted by molar-refractivity contribution is 0.274. The van der Waals surface area contributed by atoms with Crippen LogP contribution in [0.25, 0.3) is 5.69 Å². The molecule has 2 aromatic rings. The molecule has 1 N–H and O–H groups in total. The molecule has 2 rings (SSSR count). The molecular formula is C12H16FN3OSi. The molecule has 0 radical (unpaired) electrons. The van der Waals surface area contributed by atoms with Crippen molar-refractivity contribution in [3.63, 3.8) is 0 Å². The van der Waals surface area contributed by atoms with Crippen LogP contribution in [0.2, 0.25) is 19.6 Å². The molecule has 0 atom stereocenters. The highest BCUT2D eigenvalue weighted by Gasteiger charge is 2.26. The van der Waals surface area contributed by atoms with Gasteiger partial charge in [-0.2, -0.15) is 0 Å². The monoisotopic (exact) mass is 265 g/mol. The summed E-state index contributed by atoms with van der Waals surface area (Å²) in [6, 6.07) is 5.98. The Balaban J connectivity index is 2.52. The first-order chi connectivity index (χ1) is 8.43. The van der Waals surface area contributed by atoms with Crippen molar-refractivity contribution in [1.29, 1.82) is 0 Å². The molecule has 0 spiro atoms. The fraction of sp³-hybridized carbons (Fsp3) is 0.333. The molecule has 1 aromatic carbocycles.